The van der Waals surface area contributed by atoms with Gasteiger partial charge in [-0.3, -0.25) is 0 Å². The normalized spacial score (nSPS) is 10.8. The number of fused-ring (bicyclic) bond motifs is 1. The topological polar surface area (TPSA) is 54.3 Å². The Balaban J connectivity index is 1.33. The average molecular weight is 362 g/mol. The summed E-state index contributed by atoms with van der Waals surface area (Å²) in [4.78, 5) is 13.2. The number of rotatable bonds is 5. The van der Waals surface area contributed by atoms with Gasteiger partial charge in [-0.15, -0.1) is 11.3 Å². The first-order chi connectivity index (χ1) is 12.8. The van der Waals surface area contributed by atoms with E-state index in [-0.39, 0.29) is 6.03 Å². The molecule has 0 aliphatic heterocycles. The monoisotopic (exact) mass is 362 g/mol. The van der Waals surface area contributed by atoms with Gasteiger partial charge in [0.05, 0.1) is 12.8 Å². The SMILES string of the molecule is O=C(NCc1cc(-c2ccco2)cs1)NCc1cccc2ccccc12. The molecule has 0 aliphatic rings. The first-order valence-corrected chi connectivity index (χ1v) is 9.27. The van der Waals surface area contributed by atoms with Gasteiger partial charge in [-0.1, -0.05) is 42.5 Å². The minimum atomic E-state index is -0.175. The van der Waals surface area contributed by atoms with Gasteiger partial charge in [0.1, 0.15) is 5.76 Å². The number of hydrogen-bond acceptors (Lipinski definition) is 3. The minimum absolute atomic E-state index is 0.175. The minimum Gasteiger partial charge on any atom is -0.464 e. The van der Waals surface area contributed by atoms with Gasteiger partial charge in [0.2, 0.25) is 0 Å². The summed E-state index contributed by atoms with van der Waals surface area (Å²) in [6.45, 7) is 0.988. The number of urea groups is 1. The summed E-state index contributed by atoms with van der Waals surface area (Å²) in [5, 5.41) is 10.2. The van der Waals surface area contributed by atoms with Crippen molar-refractivity contribution in [2.24, 2.45) is 0 Å². The van der Waals surface area contributed by atoms with Crippen LogP contribution in [0.25, 0.3) is 22.1 Å². The number of amides is 2. The van der Waals surface area contributed by atoms with E-state index < -0.39 is 0 Å². The second kappa shape index (κ2) is 7.45. The molecule has 0 aliphatic carbocycles. The number of thiophene rings is 1. The van der Waals surface area contributed by atoms with Crippen LogP contribution in [0.15, 0.2) is 76.7 Å². The van der Waals surface area contributed by atoms with Crippen molar-refractivity contribution in [2.45, 2.75) is 13.1 Å². The van der Waals surface area contributed by atoms with Crippen LogP contribution in [0.5, 0.6) is 0 Å². The number of nitrogens with one attached hydrogen (secondary N) is 2. The molecule has 2 aromatic heterocycles. The fourth-order valence-corrected chi connectivity index (χ4v) is 3.71. The molecule has 0 fully saturated rings. The van der Waals surface area contributed by atoms with Gasteiger partial charge in [0.25, 0.3) is 0 Å². The van der Waals surface area contributed by atoms with Crippen LogP contribution in [0.4, 0.5) is 4.79 Å². The van der Waals surface area contributed by atoms with E-state index in [9.17, 15) is 4.79 Å². The molecule has 26 heavy (non-hydrogen) atoms. The van der Waals surface area contributed by atoms with Crippen molar-refractivity contribution in [3.63, 3.8) is 0 Å². The first-order valence-electron chi connectivity index (χ1n) is 8.39. The summed E-state index contributed by atoms with van der Waals surface area (Å²) in [5.74, 6) is 0.841. The Hall–Kier alpha value is -3.05. The lowest BCUT2D eigenvalue weighted by Gasteiger charge is -2.09. The number of carbonyl (C=O) groups is 1. The van der Waals surface area contributed by atoms with Crippen LogP contribution in [0.2, 0.25) is 0 Å². The highest BCUT2D eigenvalue weighted by Gasteiger charge is 2.07. The first kappa shape index (κ1) is 16.4. The van der Waals surface area contributed by atoms with Crippen LogP contribution in [-0.4, -0.2) is 6.03 Å². The Morgan fingerprint density at radius 3 is 2.69 bits per heavy atom. The van der Waals surface area contributed by atoms with Gasteiger partial charge in [0.15, 0.2) is 0 Å². The van der Waals surface area contributed by atoms with Crippen molar-refractivity contribution >= 4 is 28.1 Å². The van der Waals surface area contributed by atoms with Crippen molar-refractivity contribution in [1.29, 1.82) is 0 Å². The van der Waals surface area contributed by atoms with Crippen molar-refractivity contribution in [2.75, 3.05) is 0 Å². The van der Waals surface area contributed by atoms with Gasteiger partial charge >= 0.3 is 6.03 Å². The summed E-state index contributed by atoms with van der Waals surface area (Å²) in [5.41, 5.74) is 2.14. The summed E-state index contributed by atoms with van der Waals surface area (Å²) in [7, 11) is 0. The standard InChI is InChI=1S/C21H18N2O2S/c24-21(22-12-16-7-3-6-15-5-1-2-8-19(15)16)23-13-18-11-17(14-26-18)20-9-4-10-25-20/h1-11,14H,12-13H2,(H2,22,23,24). The molecule has 0 spiro atoms. The average Bonchev–Trinajstić information content (AvgIpc) is 3.36. The van der Waals surface area contributed by atoms with Crippen LogP contribution in [-0.2, 0) is 13.1 Å². The third-order valence-electron chi connectivity index (χ3n) is 4.20. The Morgan fingerprint density at radius 2 is 1.81 bits per heavy atom. The molecule has 4 aromatic rings. The predicted octanol–water partition coefficient (Wildman–Crippen LogP) is 5.16. The maximum absolute atomic E-state index is 12.1. The molecule has 4 rings (SSSR count). The van der Waals surface area contributed by atoms with Crippen molar-refractivity contribution < 1.29 is 9.21 Å². The van der Waals surface area contributed by atoms with Gasteiger partial charge in [-0.2, -0.15) is 0 Å². The Kier molecular flexibility index (Phi) is 4.71. The Bertz CT molecular complexity index is 1020. The van der Waals surface area contributed by atoms with E-state index >= 15 is 0 Å². The number of hydrogen-bond donors (Lipinski definition) is 2. The van der Waals surface area contributed by atoms with E-state index in [1.807, 2.05) is 47.8 Å². The summed E-state index contributed by atoms with van der Waals surface area (Å²) in [6.07, 6.45) is 1.66. The summed E-state index contributed by atoms with van der Waals surface area (Å²) < 4.78 is 5.39. The second-order valence-corrected chi connectivity index (χ2v) is 6.95. The number of benzene rings is 2. The highest BCUT2D eigenvalue weighted by molar-refractivity contribution is 7.10. The van der Waals surface area contributed by atoms with Crippen LogP contribution < -0.4 is 10.6 Å². The summed E-state index contributed by atoms with van der Waals surface area (Å²) >= 11 is 1.60. The largest absolute Gasteiger partial charge is 0.464 e. The number of furan rings is 1. The van der Waals surface area contributed by atoms with Gasteiger partial charge in [-0.25, -0.2) is 4.79 Å². The molecule has 2 heterocycles. The lowest BCUT2D eigenvalue weighted by Crippen LogP contribution is -2.34. The molecule has 0 saturated carbocycles. The molecule has 0 unspecified atom stereocenters. The maximum Gasteiger partial charge on any atom is 0.315 e. The zero-order chi connectivity index (χ0) is 17.8. The molecule has 0 atom stereocenters. The molecule has 2 aromatic carbocycles. The quantitative estimate of drug-likeness (QED) is 0.515. The van der Waals surface area contributed by atoms with Crippen LogP contribution in [0.3, 0.4) is 0 Å². The zero-order valence-electron chi connectivity index (χ0n) is 14.1. The maximum atomic E-state index is 12.1. The lowest BCUT2D eigenvalue weighted by molar-refractivity contribution is 0.240. The lowest BCUT2D eigenvalue weighted by atomic mass is 10.0. The van der Waals surface area contributed by atoms with E-state index in [1.54, 1.807) is 17.6 Å². The van der Waals surface area contributed by atoms with E-state index in [0.29, 0.717) is 13.1 Å². The molecule has 4 nitrogen and oxygen atoms in total. The van der Waals surface area contributed by atoms with Crippen LogP contribution in [0, 0.1) is 0 Å². The van der Waals surface area contributed by atoms with E-state index in [0.717, 1.165) is 27.2 Å². The van der Waals surface area contributed by atoms with E-state index in [1.165, 1.54) is 5.39 Å². The molecule has 0 bridgehead atoms. The van der Waals surface area contributed by atoms with Gasteiger partial charge in [-0.05, 0) is 34.5 Å². The molecule has 5 heteroatoms. The predicted molar refractivity (Wildman–Crippen MR) is 105 cm³/mol. The van der Waals surface area contributed by atoms with E-state index in [4.69, 9.17) is 4.42 Å². The Morgan fingerprint density at radius 1 is 0.962 bits per heavy atom. The fraction of sp³-hybridized carbons (Fsp3) is 0.0952. The summed E-state index contributed by atoms with van der Waals surface area (Å²) in [6, 6.07) is 20.0. The van der Waals surface area contributed by atoms with Gasteiger partial charge in [0, 0.05) is 22.4 Å². The third kappa shape index (κ3) is 3.63. The fourth-order valence-electron chi connectivity index (χ4n) is 2.90. The molecule has 130 valence electrons. The van der Waals surface area contributed by atoms with E-state index in [2.05, 4.69) is 28.8 Å². The molecule has 2 amide bonds. The molecule has 0 saturated heterocycles. The van der Waals surface area contributed by atoms with Crippen molar-refractivity contribution in [3.05, 3.63) is 82.7 Å². The van der Waals surface area contributed by atoms with Crippen LogP contribution >= 0.6 is 11.3 Å². The van der Waals surface area contributed by atoms with Crippen molar-refractivity contribution in [1.82, 2.24) is 10.6 Å². The van der Waals surface area contributed by atoms with Crippen LogP contribution in [0.1, 0.15) is 10.4 Å². The second-order valence-electron chi connectivity index (χ2n) is 5.95. The molecular weight excluding hydrogens is 344 g/mol. The third-order valence-corrected chi connectivity index (χ3v) is 5.14. The van der Waals surface area contributed by atoms with Crippen molar-refractivity contribution in [3.8, 4) is 11.3 Å². The Labute approximate surface area is 155 Å². The smallest absolute Gasteiger partial charge is 0.315 e. The highest BCUT2D eigenvalue weighted by atomic mass is 32.1. The molecule has 2 N–H and O–H groups in total. The molecular formula is C21H18N2O2S. The highest BCUT2D eigenvalue weighted by Crippen LogP contribution is 2.25. The zero-order valence-corrected chi connectivity index (χ0v) is 14.9. The van der Waals surface area contributed by atoms with Gasteiger partial charge < -0.3 is 15.1 Å². The molecule has 0 radical (unpaired) electrons. The number of carbonyl (C=O) groups excluding carboxylic acids is 1.